The van der Waals surface area contributed by atoms with Crippen molar-refractivity contribution in [2.24, 2.45) is 5.73 Å². The molecule has 0 aromatic heterocycles. The van der Waals surface area contributed by atoms with Crippen molar-refractivity contribution in [1.29, 1.82) is 0 Å². The third-order valence-electron chi connectivity index (χ3n) is 2.16. The fraction of sp³-hybridized carbons (Fsp3) is 0.333. The number of rotatable bonds is 4. The molecule has 0 fully saturated rings. The van der Waals surface area contributed by atoms with Crippen molar-refractivity contribution in [2.45, 2.75) is 12.2 Å². The minimum Gasteiger partial charge on any atom is -0.389 e. The summed E-state index contributed by atoms with van der Waals surface area (Å²) in [7, 11) is 0. The van der Waals surface area contributed by atoms with Crippen molar-refractivity contribution in [2.75, 3.05) is 6.54 Å². The Morgan fingerprint density at radius 3 is 2.47 bits per heavy atom. The molecule has 0 amide bonds. The second-order valence-corrected chi connectivity index (χ2v) is 3.33. The van der Waals surface area contributed by atoms with Gasteiger partial charge in [0.25, 0.3) is 0 Å². The smallest absolute Gasteiger partial charge is 0.310 e. The van der Waals surface area contributed by atoms with Gasteiger partial charge in [-0.3, -0.25) is 10.1 Å². The van der Waals surface area contributed by atoms with E-state index in [0.717, 1.165) is 0 Å². The molecule has 1 aromatic carbocycles. The molecule has 94 valence electrons. The van der Waals surface area contributed by atoms with Crippen LogP contribution in [0, 0.1) is 21.7 Å². The van der Waals surface area contributed by atoms with Gasteiger partial charge >= 0.3 is 5.69 Å². The molecule has 4 N–H and O–H groups in total. The number of hydrogen-bond acceptors (Lipinski definition) is 5. The molecule has 8 heteroatoms. The zero-order valence-electron chi connectivity index (χ0n) is 8.51. The Kier molecular flexibility index (Phi) is 4.05. The Morgan fingerprint density at radius 1 is 1.41 bits per heavy atom. The van der Waals surface area contributed by atoms with Gasteiger partial charge < -0.3 is 15.9 Å². The first-order chi connectivity index (χ1) is 7.88. The normalized spacial score (nSPS) is 14.4. The summed E-state index contributed by atoms with van der Waals surface area (Å²) in [5.41, 5.74) is 3.32. The number of nitrogens with zero attached hydrogens (tertiary/aromatic N) is 1. The van der Waals surface area contributed by atoms with Gasteiger partial charge in [-0.25, -0.2) is 4.39 Å². The molecular weight excluding hydrogens is 238 g/mol. The predicted octanol–water partition coefficient (Wildman–Crippen LogP) is 0.226. The molecule has 0 bridgehead atoms. The van der Waals surface area contributed by atoms with Crippen molar-refractivity contribution in [1.82, 2.24) is 0 Å². The fourth-order valence-electron chi connectivity index (χ4n) is 1.34. The molecule has 2 unspecified atom stereocenters. The highest BCUT2D eigenvalue weighted by Crippen LogP contribution is 2.30. The molecule has 6 nitrogen and oxygen atoms in total. The van der Waals surface area contributed by atoms with Crippen molar-refractivity contribution in [3.05, 3.63) is 39.4 Å². The molecule has 0 spiro atoms. The van der Waals surface area contributed by atoms with Crippen LogP contribution in [0.5, 0.6) is 0 Å². The lowest BCUT2D eigenvalue weighted by Gasteiger charge is -2.16. The lowest BCUT2D eigenvalue weighted by molar-refractivity contribution is -0.389. The first kappa shape index (κ1) is 13.4. The van der Waals surface area contributed by atoms with Crippen LogP contribution in [0.15, 0.2) is 12.1 Å². The number of halogens is 2. The van der Waals surface area contributed by atoms with Gasteiger partial charge in [0.05, 0.1) is 16.6 Å². The topological polar surface area (TPSA) is 110 Å². The standard InChI is InChI=1S/C9H10F2N2O4/c10-4-1-5(9(15)7(14)3-12)8(13(16)17)6(11)2-4/h1-2,7,9,14-15H,3,12H2. The molecule has 17 heavy (non-hydrogen) atoms. The molecule has 1 aromatic rings. The number of aliphatic hydroxyl groups is 2. The highest BCUT2D eigenvalue weighted by atomic mass is 19.1. The van der Waals surface area contributed by atoms with E-state index in [1.54, 1.807) is 0 Å². The zero-order valence-corrected chi connectivity index (χ0v) is 8.51. The largest absolute Gasteiger partial charge is 0.389 e. The highest BCUT2D eigenvalue weighted by molar-refractivity contribution is 5.43. The van der Waals surface area contributed by atoms with Crippen LogP contribution in [-0.4, -0.2) is 27.8 Å². The number of hydrogen-bond donors (Lipinski definition) is 3. The first-order valence-corrected chi connectivity index (χ1v) is 4.58. The summed E-state index contributed by atoms with van der Waals surface area (Å²) in [5, 5.41) is 29.3. The van der Waals surface area contributed by atoms with E-state index in [1.807, 2.05) is 0 Å². The second-order valence-electron chi connectivity index (χ2n) is 3.33. The summed E-state index contributed by atoms with van der Waals surface area (Å²) in [6, 6.07) is 0.911. The Labute approximate surface area is 94.4 Å². The molecule has 0 radical (unpaired) electrons. The van der Waals surface area contributed by atoms with Crippen molar-refractivity contribution >= 4 is 5.69 Å². The maximum atomic E-state index is 13.2. The molecule has 2 atom stereocenters. The third-order valence-corrected chi connectivity index (χ3v) is 2.16. The van der Waals surface area contributed by atoms with Crippen LogP contribution in [-0.2, 0) is 0 Å². The van der Waals surface area contributed by atoms with Crippen LogP contribution < -0.4 is 5.73 Å². The quantitative estimate of drug-likeness (QED) is 0.521. The maximum Gasteiger partial charge on any atom is 0.310 e. The molecule has 0 aliphatic rings. The van der Waals surface area contributed by atoms with Crippen LogP contribution in [0.3, 0.4) is 0 Å². The average molecular weight is 248 g/mol. The zero-order chi connectivity index (χ0) is 13.2. The number of nitrogens with two attached hydrogens (primary N) is 1. The summed E-state index contributed by atoms with van der Waals surface area (Å²) in [5.74, 6) is -2.51. The van der Waals surface area contributed by atoms with Gasteiger partial charge in [0.2, 0.25) is 5.82 Å². The molecule has 0 heterocycles. The lowest BCUT2D eigenvalue weighted by atomic mass is 10.0. The summed E-state index contributed by atoms with van der Waals surface area (Å²) < 4.78 is 26.1. The fourth-order valence-corrected chi connectivity index (χ4v) is 1.34. The van der Waals surface area contributed by atoms with Crippen LogP contribution in [0.1, 0.15) is 11.7 Å². The second kappa shape index (κ2) is 5.13. The van der Waals surface area contributed by atoms with E-state index in [4.69, 9.17) is 5.73 Å². The highest BCUT2D eigenvalue weighted by Gasteiger charge is 2.29. The van der Waals surface area contributed by atoms with Gasteiger partial charge in [0.15, 0.2) is 0 Å². The third kappa shape index (κ3) is 2.73. The molecule has 0 saturated carbocycles. The Bertz CT molecular complexity index is 441. The predicted molar refractivity (Wildman–Crippen MR) is 53.0 cm³/mol. The van der Waals surface area contributed by atoms with E-state index in [9.17, 15) is 29.1 Å². The number of nitro groups is 1. The molecular formula is C9H10F2N2O4. The van der Waals surface area contributed by atoms with E-state index in [-0.39, 0.29) is 0 Å². The van der Waals surface area contributed by atoms with Gasteiger partial charge in [0, 0.05) is 12.6 Å². The van der Waals surface area contributed by atoms with Gasteiger partial charge in [-0.1, -0.05) is 0 Å². The monoisotopic (exact) mass is 248 g/mol. The summed E-state index contributed by atoms with van der Waals surface area (Å²) >= 11 is 0. The lowest BCUT2D eigenvalue weighted by Crippen LogP contribution is -2.28. The average Bonchev–Trinajstić information content (AvgIpc) is 2.25. The van der Waals surface area contributed by atoms with Crippen LogP contribution in [0.4, 0.5) is 14.5 Å². The van der Waals surface area contributed by atoms with Gasteiger partial charge in [-0.15, -0.1) is 0 Å². The van der Waals surface area contributed by atoms with Gasteiger partial charge in [-0.2, -0.15) is 4.39 Å². The van der Waals surface area contributed by atoms with E-state index in [2.05, 4.69) is 0 Å². The molecule has 0 aliphatic carbocycles. The number of aliphatic hydroxyl groups excluding tert-OH is 2. The summed E-state index contributed by atoms with van der Waals surface area (Å²) in [6.07, 6.45) is -3.37. The summed E-state index contributed by atoms with van der Waals surface area (Å²) in [6.45, 7) is -0.406. The van der Waals surface area contributed by atoms with Crippen LogP contribution in [0.2, 0.25) is 0 Å². The van der Waals surface area contributed by atoms with Crippen molar-refractivity contribution in [3.8, 4) is 0 Å². The summed E-state index contributed by atoms with van der Waals surface area (Å²) in [4.78, 5) is 9.49. The molecule has 1 rings (SSSR count). The van der Waals surface area contributed by atoms with E-state index in [1.165, 1.54) is 0 Å². The minimum absolute atomic E-state index is 0.323. The first-order valence-electron chi connectivity index (χ1n) is 4.58. The Morgan fingerprint density at radius 2 is 2.00 bits per heavy atom. The molecule has 0 saturated heterocycles. The number of nitro benzene ring substituents is 1. The van der Waals surface area contributed by atoms with Crippen LogP contribution in [0.25, 0.3) is 0 Å². The molecule has 0 aliphatic heterocycles. The van der Waals surface area contributed by atoms with E-state index in [0.29, 0.717) is 12.1 Å². The van der Waals surface area contributed by atoms with Crippen molar-refractivity contribution < 1.29 is 23.9 Å². The van der Waals surface area contributed by atoms with E-state index < -0.39 is 46.6 Å². The number of benzene rings is 1. The van der Waals surface area contributed by atoms with Crippen molar-refractivity contribution in [3.63, 3.8) is 0 Å². The minimum atomic E-state index is -1.83. The maximum absolute atomic E-state index is 13.2. The Hall–Kier alpha value is -1.64. The van der Waals surface area contributed by atoms with Crippen LogP contribution >= 0.6 is 0 Å². The van der Waals surface area contributed by atoms with E-state index >= 15 is 0 Å². The van der Waals surface area contributed by atoms with Gasteiger partial charge in [0.1, 0.15) is 11.9 Å². The Balaban J connectivity index is 3.35. The SMILES string of the molecule is NCC(O)C(O)c1cc(F)cc(F)c1[N+](=O)[O-]. The van der Waals surface area contributed by atoms with Gasteiger partial charge in [-0.05, 0) is 6.07 Å².